The summed E-state index contributed by atoms with van der Waals surface area (Å²) in [5, 5.41) is 8.77. The van der Waals surface area contributed by atoms with E-state index >= 15 is 0 Å². The highest BCUT2D eigenvalue weighted by atomic mass is 16.5. The van der Waals surface area contributed by atoms with Crippen molar-refractivity contribution in [3.8, 4) is 11.8 Å². The molecular weight excluding hydrogens is 162 g/mol. The van der Waals surface area contributed by atoms with Gasteiger partial charge in [0.1, 0.15) is 5.75 Å². The lowest BCUT2D eigenvalue weighted by Crippen LogP contribution is -2.06. The molecule has 0 fully saturated rings. The number of rotatable bonds is 2. The Labute approximate surface area is 78.8 Å². The number of hydrogen-bond donors (Lipinski definition) is 0. The molecule has 0 aliphatic rings. The Hall–Kier alpha value is -1.49. The zero-order valence-electron chi connectivity index (χ0n) is 8.16. The topological polar surface area (TPSA) is 33.0 Å². The van der Waals surface area contributed by atoms with Crippen LogP contribution in [0.5, 0.6) is 5.75 Å². The molecular formula is C11H13NO. The van der Waals surface area contributed by atoms with Crippen molar-refractivity contribution in [2.24, 2.45) is 0 Å². The smallest absolute Gasteiger partial charge is 0.123 e. The summed E-state index contributed by atoms with van der Waals surface area (Å²) in [5.74, 6) is 0.800. The van der Waals surface area contributed by atoms with Crippen molar-refractivity contribution < 1.29 is 4.74 Å². The molecule has 0 bridgehead atoms. The molecule has 68 valence electrons. The van der Waals surface area contributed by atoms with Gasteiger partial charge in [-0.1, -0.05) is 6.07 Å². The first-order valence-electron chi connectivity index (χ1n) is 4.31. The number of benzene rings is 1. The standard InChI is InChI=1S/C11H13NO/c1-8(2)13-11-6-4-5-10(7-12)9(11)3/h4-6,8H,1-3H3. The van der Waals surface area contributed by atoms with Gasteiger partial charge in [0.2, 0.25) is 0 Å². The van der Waals surface area contributed by atoms with Crippen molar-refractivity contribution in [3.63, 3.8) is 0 Å². The molecule has 1 aromatic rings. The van der Waals surface area contributed by atoms with E-state index in [-0.39, 0.29) is 6.10 Å². The van der Waals surface area contributed by atoms with Gasteiger partial charge in [0, 0.05) is 5.56 Å². The maximum atomic E-state index is 8.77. The summed E-state index contributed by atoms with van der Waals surface area (Å²) in [4.78, 5) is 0. The molecule has 0 spiro atoms. The van der Waals surface area contributed by atoms with Gasteiger partial charge in [-0.15, -0.1) is 0 Å². The Morgan fingerprint density at radius 1 is 1.38 bits per heavy atom. The Kier molecular flexibility index (Phi) is 2.92. The lowest BCUT2D eigenvalue weighted by Gasteiger charge is -2.12. The normalized spacial score (nSPS) is 9.77. The van der Waals surface area contributed by atoms with Crippen molar-refractivity contribution in [2.75, 3.05) is 0 Å². The third kappa shape index (κ3) is 2.22. The van der Waals surface area contributed by atoms with E-state index in [1.165, 1.54) is 0 Å². The van der Waals surface area contributed by atoms with Gasteiger partial charge < -0.3 is 4.74 Å². The Morgan fingerprint density at radius 2 is 2.08 bits per heavy atom. The first-order valence-corrected chi connectivity index (χ1v) is 4.31. The second-order valence-electron chi connectivity index (χ2n) is 3.21. The molecule has 2 heteroatoms. The van der Waals surface area contributed by atoms with Crippen LogP contribution < -0.4 is 4.74 Å². The highest BCUT2D eigenvalue weighted by Gasteiger charge is 2.05. The molecule has 1 aromatic carbocycles. The van der Waals surface area contributed by atoms with Crippen LogP contribution in [0.2, 0.25) is 0 Å². The fourth-order valence-corrected chi connectivity index (χ4v) is 1.12. The summed E-state index contributed by atoms with van der Waals surface area (Å²) in [7, 11) is 0. The summed E-state index contributed by atoms with van der Waals surface area (Å²) in [5.41, 5.74) is 1.59. The molecule has 2 nitrogen and oxygen atoms in total. The molecule has 0 atom stereocenters. The van der Waals surface area contributed by atoms with Gasteiger partial charge in [-0.05, 0) is 32.9 Å². The summed E-state index contributed by atoms with van der Waals surface area (Å²) < 4.78 is 5.54. The molecule has 0 aliphatic heterocycles. The van der Waals surface area contributed by atoms with Crippen LogP contribution >= 0.6 is 0 Å². The SMILES string of the molecule is Cc1c(C#N)cccc1OC(C)C. The summed E-state index contributed by atoms with van der Waals surface area (Å²) in [6, 6.07) is 7.64. The second kappa shape index (κ2) is 3.95. The molecule has 0 radical (unpaired) electrons. The molecule has 0 saturated carbocycles. The van der Waals surface area contributed by atoms with E-state index in [1.807, 2.05) is 32.9 Å². The number of nitrogens with zero attached hydrogens (tertiary/aromatic N) is 1. The van der Waals surface area contributed by atoms with Crippen molar-refractivity contribution in [3.05, 3.63) is 29.3 Å². The average Bonchev–Trinajstić information content (AvgIpc) is 2.08. The fourth-order valence-electron chi connectivity index (χ4n) is 1.12. The van der Waals surface area contributed by atoms with Crippen LogP contribution in [0.1, 0.15) is 25.0 Å². The van der Waals surface area contributed by atoms with E-state index in [0.29, 0.717) is 5.56 Å². The molecule has 0 unspecified atom stereocenters. The largest absolute Gasteiger partial charge is 0.491 e. The van der Waals surface area contributed by atoms with Gasteiger partial charge >= 0.3 is 0 Å². The van der Waals surface area contributed by atoms with Crippen molar-refractivity contribution in [2.45, 2.75) is 26.9 Å². The van der Waals surface area contributed by atoms with Crippen molar-refractivity contribution in [1.82, 2.24) is 0 Å². The zero-order valence-corrected chi connectivity index (χ0v) is 8.16. The zero-order chi connectivity index (χ0) is 9.84. The van der Waals surface area contributed by atoms with Gasteiger partial charge in [0.05, 0.1) is 17.7 Å². The quantitative estimate of drug-likeness (QED) is 0.692. The van der Waals surface area contributed by atoms with Crippen molar-refractivity contribution >= 4 is 0 Å². The summed E-state index contributed by atoms with van der Waals surface area (Å²) in [6.45, 7) is 5.84. The van der Waals surface area contributed by atoms with Gasteiger partial charge in [-0.25, -0.2) is 0 Å². The van der Waals surface area contributed by atoms with Gasteiger partial charge in [-0.2, -0.15) is 5.26 Å². The fraction of sp³-hybridized carbons (Fsp3) is 0.364. The van der Waals surface area contributed by atoms with E-state index in [2.05, 4.69) is 6.07 Å². The van der Waals surface area contributed by atoms with E-state index < -0.39 is 0 Å². The van der Waals surface area contributed by atoms with Gasteiger partial charge in [0.25, 0.3) is 0 Å². The molecule has 1 rings (SSSR count). The van der Waals surface area contributed by atoms with E-state index in [0.717, 1.165) is 11.3 Å². The van der Waals surface area contributed by atoms with Crippen LogP contribution in [0.15, 0.2) is 18.2 Å². The minimum atomic E-state index is 0.146. The monoisotopic (exact) mass is 175 g/mol. The Morgan fingerprint density at radius 3 is 2.62 bits per heavy atom. The Balaban J connectivity index is 3.03. The van der Waals surface area contributed by atoms with Crippen LogP contribution in [0.4, 0.5) is 0 Å². The Bertz CT molecular complexity index is 336. The van der Waals surface area contributed by atoms with Gasteiger partial charge in [-0.3, -0.25) is 0 Å². The number of nitriles is 1. The predicted octanol–water partition coefficient (Wildman–Crippen LogP) is 2.65. The first kappa shape index (κ1) is 9.60. The molecule has 0 aromatic heterocycles. The van der Waals surface area contributed by atoms with Gasteiger partial charge in [0.15, 0.2) is 0 Å². The predicted molar refractivity (Wildman–Crippen MR) is 51.7 cm³/mol. The van der Waals surface area contributed by atoms with Crippen LogP contribution in [-0.2, 0) is 0 Å². The maximum Gasteiger partial charge on any atom is 0.123 e. The highest BCUT2D eigenvalue weighted by Crippen LogP contribution is 2.21. The van der Waals surface area contributed by atoms with E-state index in [4.69, 9.17) is 10.00 Å². The molecule has 0 saturated heterocycles. The number of ether oxygens (including phenoxy) is 1. The van der Waals surface area contributed by atoms with Crippen LogP contribution in [-0.4, -0.2) is 6.10 Å². The minimum Gasteiger partial charge on any atom is -0.491 e. The molecule has 0 N–H and O–H groups in total. The first-order chi connectivity index (χ1) is 6.15. The van der Waals surface area contributed by atoms with Crippen molar-refractivity contribution in [1.29, 1.82) is 5.26 Å². The minimum absolute atomic E-state index is 0.146. The average molecular weight is 175 g/mol. The lowest BCUT2D eigenvalue weighted by molar-refractivity contribution is 0.240. The maximum absolute atomic E-state index is 8.77. The van der Waals surface area contributed by atoms with Crippen LogP contribution in [0.3, 0.4) is 0 Å². The third-order valence-electron chi connectivity index (χ3n) is 1.77. The lowest BCUT2D eigenvalue weighted by atomic mass is 10.1. The van der Waals surface area contributed by atoms with E-state index in [1.54, 1.807) is 6.07 Å². The molecule has 0 aliphatic carbocycles. The molecule has 13 heavy (non-hydrogen) atoms. The summed E-state index contributed by atoms with van der Waals surface area (Å²) >= 11 is 0. The van der Waals surface area contributed by atoms with E-state index in [9.17, 15) is 0 Å². The summed E-state index contributed by atoms with van der Waals surface area (Å²) in [6.07, 6.45) is 0.146. The highest BCUT2D eigenvalue weighted by molar-refractivity contribution is 5.45. The van der Waals surface area contributed by atoms with Crippen LogP contribution in [0.25, 0.3) is 0 Å². The molecule has 0 amide bonds. The van der Waals surface area contributed by atoms with Crippen LogP contribution in [0, 0.1) is 18.3 Å². The third-order valence-corrected chi connectivity index (χ3v) is 1.77. The molecule has 0 heterocycles. The number of hydrogen-bond acceptors (Lipinski definition) is 2. The second-order valence-corrected chi connectivity index (χ2v) is 3.21.